The van der Waals surface area contributed by atoms with Crippen LogP contribution in [0.3, 0.4) is 0 Å². The number of alkyl halides is 1. The molecule has 5 heteroatoms. The summed E-state index contributed by atoms with van der Waals surface area (Å²) in [6.45, 7) is 3.86. The fraction of sp³-hybridized carbons (Fsp3) is 0.778. The maximum absolute atomic E-state index is 11.4. The summed E-state index contributed by atoms with van der Waals surface area (Å²) in [5.74, 6) is 0.0455. The topological polar surface area (TPSA) is 58.2 Å². The third-order valence-corrected chi connectivity index (χ3v) is 2.53. The van der Waals surface area contributed by atoms with Crippen molar-refractivity contribution in [3.63, 3.8) is 0 Å². The Balaban J connectivity index is 3.80. The van der Waals surface area contributed by atoms with Crippen molar-refractivity contribution in [3.8, 4) is 0 Å². The van der Waals surface area contributed by atoms with Crippen molar-refractivity contribution >= 4 is 23.4 Å². The molecule has 82 valence electrons. The Morgan fingerprint density at radius 1 is 1.36 bits per heavy atom. The van der Waals surface area contributed by atoms with Crippen molar-refractivity contribution in [3.05, 3.63) is 0 Å². The largest absolute Gasteiger partial charge is 0.359 e. The van der Waals surface area contributed by atoms with Crippen molar-refractivity contribution < 1.29 is 9.59 Å². The summed E-state index contributed by atoms with van der Waals surface area (Å²) in [4.78, 5) is 22.3. The molecular weight excluding hydrogens is 204 g/mol. The summed E-state index contributed by atoms with van der Waals surface area (Å²) in [6, 6.07) is 0. The number of amides is 2. The van der Waals surface area contributed by atoms with E-state index in [-0.39, 0.29) is 17.7 Å². The van der Waals surface area contributed by atoms with Crippen LogP contribution >= 0.6 is 11.6 Å². The van der Waals surface area contributed by atoms with Gasteiger partial charge in [-0.25, -0.2) is 0 Å². The lowest BCUT2D eigenvalue weighted by atomic mass is 9.95. The van der Waals surface area contributed by atoms with E-state index in [0.29, 0.717) is 13.0 Å². The van der Waals surface area contributed by atoms with Crippen LogP contribution in [0, 0.1) is 5.41 Å². The minimum atomic E-state index is -0.579. The first-order chi connectivity index (χ1) is 6.44. The van der Waals surface area contributed by atoms with E-state index in [2.05, 4.69) is 10.6 Å². The van der Waals surface area contributed by atoms with Gasteiger partial charge in [-0.15, -0.1) is 11.6 Å². The Kier molecular flexibility index (Phi) is 5.53. The summed E-state index contributed by atoms with van der Waals surface area (Å²) in [7, 11) is 1.56. The second kappa shape index (κ2) is 5.86. The lowest BCUT2D eigenvalue weighted by Gasteiger charge is -2.20. The Bertz CT molecular complexity index is 217. The fourth-order valence-electron chi connectivity index (χ4n) is 0.715. The molecule has 0 saturated carbocycles. The highest BCUT2D eigenvalue weighted by Gasteiger charge is 2.25. The zero-order valence-corrected chi connectivity index (χ0v) is 9.57. The average Bonchev–Trinajstić information content (AvgIpc) is 2.17. The van der Waals surface area contributed by atoms with Gasteiger partial charge in [0.15, 0.2) is 0 Å². The summed E-state index contributed by atoms with van der Waals surface area (Å²) in [5, 5.41) is 5.13. The molecular formula is C9H17ClN2O2. The van der Waals surface area contributed by atoms with Crippen molar-refractivity contribution in [1.29, 1.82) is 0 Å². The summed E-state index contributed by atoms with van der Waals surface area (Å²) >= 11 is 5.62. The molecule has 0 aromatic rings. The highest BCUT2D eigenvalue weighted by Crippen LogP contribution is 2.16. The molecule has 0 aliphatic carbocycles. The molecule has 4 nitrogen and oxygen atoms in total. The molecule has 0 saturated heterocycles. The number of carbonyl (C=O) groups excluding carboxylic acids is 2. The van der Waals surface area contributed by atoms with Gasteiger partial charge in [0.05, 0.1) is 5.41 Å². The molecule has 0 radical (unpaired) electrons. The zero-order chi connectivity index (χ0) is 11.2. The smallest absolute Gasteiger partial charge is 0.226 e. The van der Waals surface area contributed by atoms with Gasteiger partial charge in [0, 0.05) is 25.9 Å². The van der Waals surface area contributed by atoms with Crippen LogP contribution in [-0.2, 0) is 9.59 Å². The third-order valence-electron chi connectivity index (χ3n) is 1.87. The predicted octanol–water partition coefficient (Wildman–Crippen LogP) is 0.504. The van der Waals surface area contributed by atoms with Crippen LogP contribution in [-0.4, -0.2) is 31.3 Å². The molecule has 0 spiro atoms. The Labute approximate surface area is 89.4 Å². The van der Waals surface area contributed by atoms with Gasteiger partial charge in [-0.3, -0.25) is 9.59 Å². The van der Waals surface area contributed by atoms with Crippen LogP contribution in [0.25, 0.3) is 0 Å². The molecule has 0 aliphatic rings. The Morgan fingerprint density at radius 2 is 1.93 bits per heavy atom. The maximum atomic E-state index is 11.4. The molecule has 14 heavy (non-hydrogen) atoms. The van der Waals surface area contributed by atoms with Crippen molar-refractivity contribution in [2.24, 2.45) is 5.41 Å². The quantitative estimate of drug-likeness (QED) is 0.664. The van der Waals surface area contributed by atoms with E-state index in [0.717, 1.165) is 0 Å². The van der Waals surface area contributed by atoms with Crippen molar-refractivity contribution in [2.75, 3.05) is 19.5 Å². The van der Waals surface area contributed by atoms with Crippen LogP contribution in [0.5, 0.6) is 0 Å². The fourth-order valence-corrected chi connectivity index (χ4v) is 0.836. The molecule has 0 bridgehead atoms. The maximum Gasteiger partial charge on any atom is 0.226 e. The molecule has 0 rings (SSSR count). The van der Waals surface area contributed by atoms with E-state index in [1.54, 1.807) is 20.9 Å². The van der Waals surface area contributed by atoms with Crippen LogP contribution in [0.15, 0.2) is 0 Å². The normalized spacial score (nSPS) is 10.9. The lowest BCUT2D eigenvalue weighted by molar-refractivity contribution is -0.128. The second-order valence-corrected chi connectivity index (χ2v) is 3.96. The Morgan fingerprint density at radius 3 is 2.36 bits per heavy atom. The van der Waals surface area contributed by atoms with Crippen LogP contribution in [0.4, 0.5) is 0 Å². The van der Waals surface area contributed by atoms with Gasteiger partial charge in [-0.05, 0) is 13.8 Å². The second-order valence-electron chi connectivity index (χ2n) is 3.70. The monoisotopic (exact) mass is 220 g/mol. The molecule has 0 fully saturated rings. The van der Waals surface area contributed by atoms with Crippen LogP contribution in [0.2, 0.25) is 0 Å². The first-order valence-corrected chi connectivity index (χ1v) is 5.02. The van der Waals surface area contributed by atoms with E-state index >= 15 is 0 Å². The van der Waals surface area contributed by atoms with E-state index < -0.39 is 5.41 Å². The van der Waals surface area contributed by atoms with E-state index in [1.807, 2.05) is 0 Å². The highest BCUT2D eigenvalue weighted by molar-refractivity contribution is 6.19. The molecule has 0 atom stereocenters. The van der Waals surface area contributed by atoms with Gasteiger partial charge in [-0.2, -0.15) is 0 Å². The molecule has 0 aromatic carbocycles. The zero-order valence-electron chi connectivity index (χ0n) is 8.82. The minimum absolute atomic E-state index is 0.0889. The molecule has 2 amide bonds. The van der Waals surface area contributed by atoms with Gasteiger partial charge < -0.3 is 10.6 Å². The minimum Gasteiger partial charge on any atom is -0.359 e. The summed E-state index contributed by atoms with van der Waals surface area (Å²) in [6.07, 6.45) is 0.292. The Hall–Kier alpha value is -0.770. The van der Waals surface area contributed by atoms with Gasteiger partial charge in [0.1, 0.15) is 0 Å². The molecule has 0 heterocycles. The first kappa shape index (κ1) is 13.2. The average molecular weight is 221 g/mol. The number of halogens is 1. The summed E-state index contributed by atoms with van der Waals surface area (Å²) < 4.78 is 0. The predicted molar refractivity (Wildman–Crippen MR) is 56.2 cm³/mol. The molecule has 0 unspecified atom stereocenters. The molecule has 0 aromatic heterocycles. The van der Waals surface area contributed by atoms with Crippen LogP contribution < -0.4 is 10.6 Å². The third kappa shape index (κ3) is 4.46. The van der Waals surface area contributed by atoms with E-state index in [1.165, 1.54) is 0 Å². The molecule has 0 aliphatic heterocycles. The first-order valence-electron chi connectivity index (χ1n) is 4.49. The van der Waals surface area contributed by atoms with E-state index in [9.17, 15) is 9.59 Å². The van der Waals surface area contributed by atoms with Crippen molar-refractivity contribution in [2.45, 2.75) is 20.3 Å². The van der Waals surface area contributed by atoms with E-state index in [4.69, 9.17) is 11.6 Å². The number of nitrogens with one attached hydrogen (secondary N) is 2. The number of rotatable bonds is 5. The number of hydrogen-bond acceptors (Lipinski definition) is 2. The van der Waals surface area contributed by atoms with Gasteiger partial charge >= 0.3 is 0 Å². The van der Waals surface area contributed by atoms with Gasteiger partial charge in [-0.1, -0.05) is 0 Å². The SMILES string of the molecule is CNC(=O)CCNC(=O)C(C)(C)CCl. The lowest BCUT2D eigenvalue weighted by Crippen LogP contribution is -2.39. The summed E-state index contributed by atoms with van der Waals surface area (Å²) in [5.41, 5.74) is -0.579. The molecule has 2 N–H and O–H groups in total. The van der Waals surface area contributed by atoms with Gasteiger partial charge in [0.2, 0.25) is 11.8 Å². The standard InChI is InChI=1S/C9H17ClN2O2/c1-9(2,6-10)8(14)12-5-4-7(13)11-3/h4-6H2,1-3H3,(H,11,13)(H,12,14). The number of hydrogen-bond donors (Lipinski definition) is 2. The highest BCUT2D eigenvalue weighted by atomic mass is 35.5. The number of carbonyl (C=O) groups is 2. The van der Waals surface area contributed by atoms with Crippen LogP contribution in [0.1, 0.15) is 20.3 Å². The van der Waals surface area contributed by atoms with Crippen molar-refractivity contribution in [1.82, 2.24) is 10.6 Å². The van der Waals surface area contributed by atoms with Gasteiger partial charge in [0.25, 0.3) is 0 Å².